The molecule has 2 aromatic carbocycles. The number of carbonyl (C=O) groups is 2. The molecule has 31 heavy (non-hydrogen) atoms. The maximum Gasteiger partial charge on any atom is 0.355 e. The van der Waals surface area contributed by atoms with Crippen LogP contribution in [0.2, 0.25) is 5.02 Å². The van der Waals surface area contributed by atoms with Crippen LogP contribution in [0.3, 0.4) is 0 Å². The maximum absolute atomic E-state index is 14.1. The molecule has 0 amide bonds. The molecule has 2 N–H and O–H groups in total. The lowest BCUT2D eigenvalue weighted by Gasteiger charge is -2.36. The zero-order valence-corrected chi connectivity index (χ0v) is 17.3. The van der Waals surface area contributed by atoms with E-state index in [2.05, 4.69) is 0 Å². The van der Waals surface area contributed by atoms with E-state index in [-0.39, 0.29) is 33.4 Å². The molecule has 1 atom stereocenters. The van der Waals surface area contributed by atoms with Crippen LogP contribution in [0.1, 0.15) is 11.5 Å². The van der Waals surface area contributed by atoms with E-state index in [1.54, 1.807) is 30.3 Å². The SMILES string of the molecule is COC(=O)C1=C(C(=O)OC)N(c2cc(F)ccc2Cl)C(N)=C(C#N)C1c1ccccc1. The predicted molar refractivity (Wildman–Crippen MR) is 111 cm³/mol. The number of nitrogens with zero attached hydrogens (tertiary/aromatic N) is 2. The Balaban J connectivity index is 2.45. The van der Waals surface area contributed by atoms with Gasteiger partial charge in [0.2, 0.25) is 0 Å². The Bertz CT molecular complexity index is 1160. The second-order valence-corrected chi connectivity index (χ2v) is 6.84. The molecule has 158 valence electrons. The van der Waals surface area contributed by atoms with E-state index in [1.807, 2.05) is 6.07 Å². The predicted octanol–water partition coefficient (Wildman–Crippen LogP) is 3.38. The van der Waals surface area contributed by atoms with E-state index < -0.39 is 23.7 Å². The first-order chi connectivity index (χ1) is 14.8. The number of methoxy groups -OCH3 is 2. The summed E-state index contributed by atoms with van der Waals surface area (Å²) < 4.78 is 23.9. The minimum absolute atomic E-state index is 0.0328. The number of halogens is 2. The number of rotatable bonds is 4. The van der Waals surface area contributed by atoms with Gasteiger partial charge in [0.1, 0.15) is 17.3 Å². The quantitative estimate of drug-likeness (QED) is 0.725. The van der Waals surface area contributed by atoms with Crippen LogP contribution in [0.15, 0.2) is 71.2 Å². The van der Waals surface area contributed by atoms with Crippen molar-refractivity contribution < 1.29 is 23.5 Å². The molecule has 0 aromatic heterocycles. The van der Waals surface area contributed by atoms with E-state index in [4.69, 9.17) is 26.8 Å². The third-order valence-electron chi connectivity index (χ3n) is 4.76. The fourth-order valence-corrected chi connectivity index (χ4v) is 3.62. The molecule has 0 bridgehead atoms. The fraction of sp³-hybridized carbons (Fsp3) is 0.136. The van der Waals surface area contributed by atoms with Gasteiger partial charge in [-0.25, -0.2) is 14.0 Å². The summed E-state index contributed by atoms with van der Waals surface area (Å²) in [6.07, 6.45) is 0. The Kier molecular flexibility index (Phi) is 6.28. The molecule has 0 aliphatic carbocycles. The first kappa shape index (κ1) is 21.9. The van der Waals surface area contributed by atoms with Crippen LogP contribution in [0.4, 0.5) is 10.1 Å². The largest absolute Gasteiger partial charge is 0.466 e. The van der Waals surface area contributed by atoms with Gasteiger partial charge in [0.25, 0.3) is 0 Å². The highest BCUT2D eigenvalue weighted by Gasteiger charge is 2.43. The number of nitrogens with two attached hydrogens (primary N) is 1. The third-order valence-corrected chi connectivity index (χ3v) is 5.08. The Morgan fingerprint density at radius 2 is 1.77 bits per heavy atom. The summed E-state index contributed by atoms with van der Waals surface area (Å²) in [5.41, 5.74) is 6.23. The summed E-state index contributed by atoms with van der Waals surface area (Å²) in [5, 5.41) is 9.96. The number of anilines is 1. The van der Waals surface area contributed by atoms with Crippen molar-refractivity contribution in [3.63, 3.8) is 0 Å². The van der Waals surface area contributed by atoms with Gasteiger partial charge in [0, 0.05) is 0 Å². The van der Waals surface area contributed by atoms with Gasteiger partial charge in [-0.15, -0.1) is 0 Å². The van der Waals surface area contributed by atoms with Crippen molar-refractivity contribution in [2.75, 3.05) is 19.1 Å². The molecule has 1 aliphatic heterocycles. The number of esters is 2. The summed E-state index contributed by atoms with van der Waals surface area (Å²) in [7, 11) is 2.26. The van der Waals surface area contributed by atoms with E-state index in [9.17, 15) is 19.2 Å². The molecule has 1 aliphatic rings. The standard InChI is InChI=1S/C22H17ClFN3O4/c1-30-21(28)18-17(12-6-4-3-5-7-12)14(11-25)20(26)27(19(18)22(29)31-2)16-10-13(24)8-9-15(16)23/h3-10,17H,26H2,1-2H3. The van der Waals surface area contributed by atoms with Crippen molar-refractivity contribution in [2.45, 2.75) is 5.92 Å². The van der Waals surface area contributed by atoms with Crippen LogP contribution in [0.25, 0.3) is 0 Å². The van der Waals surface area contributed by atoms with Crippen molar-refractivity contribution in [3.8, 4) is 6.07 Å². The molecule has 0 saturated heterocycles. The summed E-state index contributed by atoms with van der Waals surface area (Å²) in [6, 6.07) is 14.0. The highest BCUT2D eigenvalue weighted by atomic mass is 35.5. The molecular weight excluding hydrogens is 425 g/mol. The van der Waals surface area contributed by atoms with Crippen LogP contribution in [-0.4, -0.2) is 26.2 Å². The molecule has 2 aromatic rings. The van der Waals surface area contributed by atoms with Crippen LogP contribution >= 0.6 is 11.6 Å². The second kappa shape index (κ2) is 8.90. The molecule has 0 radical (unpaired) electrons. The van der Waals surface area contributed by atoms with E-state index in [0.29, 0.717) is 5.56 Å². The van der Waals surface area contributed by atoms with Gasteiger partial charge >= 0.3 is 11.9 Å². The zero-order valence-electron chi connectivity index (χ0n) is 16.6. The lowest BCUT2D eigenvalue weighted by molar-refractivity contribution is -0.139. The zero-order chi connectivity index (χ0) is 22.7. The number of hydrogen-bond acceptors (Lipinski definition) is 7. The van der Waals surface area contributed by atoms with Gasteiger partial charge in [0.15, 0.2) is 0 Å². The average Bonchev–Trinajstić information content (AvgIpc) is 2.79. The van der Waals surface area contributed by atoms with Gasteiger partial charge in [-0.05, 0) is 23.8 Å². The van der Waals surface area contributed by atoms with Crippen LogP contribution in [-0.2, 0) is 19.1 Å². The van der Waals surface area contributed by atoms with E-state index >= 15 is 0 Å². The fourth-order valence-electron chi connectivity index (χ4n) is 3.42. The molecule has 0 fully saturated rings. The van der Waals surface area contributed by atoms with Crippen LogP contribution < -0.4 is 10.6 Å². The smallest absolute Gasteiger partial charge is 0.355 e. The second-order valence-electron chi connectivity index (χ2n) is 6.43. The molecule has 3 rings (SSSR count). The molecule has 0 saturated carbocycles. The molecule has 1 heterocycles. The number of ether oxygens (including phenoxy) is 2. The van der Waals surface area contributed by atoms with Crippen LogP contribution in [0, 0.1) is 17.1 Å². The van der Waals surface area contributed by atoms with Gasteiger partial charge in [-0.2, -0.15) is 5.26 Å². The Morgan fingerprint density at radius 3 is 2.35 bits per heavy atom. The maximum atomic E-state index is 14.1. The van der Waals surface area contributed by atoms with Gasteiger partial charge in [0.05, 0.1) is 48.1 Å². The highest BCUT2D eigenvalue weighted by Crippen LogP contribution is 2.44. The lowest BCUT2D eigenvalue weighted by atomic mass is 9.81. The normalized spacial score (nSPS) is 16.1. The molecular formula is C22H17ClFN3O4. The first-order valence-electron chi connectivity index (χ1n) is 8.96. The summed E-state index contributed by atoms with van der Waals surface area (Å²) >= 11 is 6.25. The van der Waals surface area contributed by atoms with Crippen molar-refractivity contribution in [1.82, 2.24) is 0 Å². The van der Waals surface area contributed by atoms with Crippen molar-refractivity contribution in [3.05, 3.63) is 87.6 Å². The lowest BCUT2D eigenvalue weighted by Crippen LogP contribution is -2.41. The first-order valence-corrected chi connectivity index (χ1v) is 9.34. The number of benzene rings is 2. The Morgan fingerprint density at radius 1 is 1.13 bits per heavy atom. The highest BCUT2D eigenvalue weighted by molar-refractivity contribution is 6.33. The minimum atomic E-state index is -1.02. The van der Waals surface area contributed by atoms with Crippen molar-refractivity contribution in [2.24, 2.45) is 5.73 Å². The minimum Gasteiger partial charge on any atom is -0.466 e. The number of nitriles is 1. The van der Waals surface area contributed by atoms with Crippen LogP contribution in [0.5, 0.6) is 0 Å². The summed E-state index contributed by atoms with van der Waals surface area (Å²) in [6.45, 7) is 0. The Hall–Kier alpha value is -3.83. The Labute approximate surface area is 182 Å². The average molecular weight is 442 g/mol. The number of carbonyl (C=O) groups excluding carboxylic acids is 2. The third kappa shape index (κ3) is 3.83. The van der Waals surface area contributed by atoms with Gasteiger partial charge in [-0.3, -0.25) is 4.90 Å². The van der Waals surface area contributed by atoms with E-state index in [0.717, 1.165) is 31.3 Å². The van der Waals surface area contributed by atoms with Crippen molar-refractivity contribution in [1.29, 1.82) is 5.26 Å². The number of hydrogen-bond donors (Lipinski definition) is 1. The molecule has 9 heteroatoms. The summed E-state index contributed by atoms with van der Waals surface area (Å²) in [5.74, 6) is -3.71. The van der Waals surface area contributed by atoms with Crippen molar-refractivity contribution >= 4 is 29.2 Å². The molecule has 1 unspecified atom stereocenters. The van der Waals surface area contributed by atoms with Gasteiger partial charge in [-0.1, -0.05) is 41.9 Å². The van der Waals surface area contributed by atoms with Gasteiger partial charge < -0.3 is 15.2 Å². The number of allylic oxidation sites excluding steroid dienone is 1. The monoisotopic (exact) mass is 441 g/mol. The van der Waals surface area contributed by atoms with E-state index in [1.165, 1.54) is 6.07 Å². The topological polar surface area (TPSA) is 106 Å². The molecule has 7 nitrogen and oxygen atoms in total. The summed E-state index contributed by atoms with van der Waals surface area (Å²) in [4.78, 5) is 26.8. The molecule has 0 spiro atoms.